The number of fused-ring (bicyclic) bond motifs is 4. The molecule has 25 nitrogen and oxygen atoms in total. The molecule has 0 amide bonds. The fourth-order valence-electron chi connectivity index (χ4n) is 16.1. The van der Waals surface area contributed by atoms with E-state index < -0.39 is 187 Å². The molecule has 26 heteroatoms. The van der Waals surface area contributed by atoms with Gasteiger partial charge in [0.15, 0.2) is 25.2 Å². The molecule has 5 saturated heterocycles. The molecule has 1 unspecified atom stereocenters. The molecule has 466 valence electrons. The van der Waals surface area contributed by atoms with Gasteiger partial charge in [-0.25, -0.2) is 4.18 Å². The Hall–Kier alpha value is -2.65. The van der Waals surface area contributed by atoms with E-state index in [0.717, 1.165) is 5.57 Å². The van der Waals surface area contributed by atoms with E-state index in [9.17, 15) is 63.4 Å². The first-order valence-electron chi connectivity index (χ1n) is 28.5. The van der Waals surface area contributed by atoms with Crippen LogP contribution in [-0.2, 0) is 76.3 Å². The highest BCUT2D eigenvalue weighted by molar-refractivity contribution is 7.80. The van der Waals surface area contributed by atoms with E-state index in [1.165, 1.54) is 26.5 Å². The summed E-state index contributed by atoms with van der Waals surface area (Å²) in [6, 6.07) is 0. The predicted octanol–water partition coefficient (Wildman–Crippen LogP) is 0.644. The Morgan fingerprint density at radius 3 is 2.10 bits per heavy atom. The molecule has 0 aromatic heterocycles. The SMILES string of the molecule is CO[C@@H]1[C@@H](O)[C@H](O[C@@H]2[C@@H](O)[C@H](O[C@H]3[C@H](O)[C@@H](O)[C@H](O[C@H]4[C@H](O[C@H]5CC[C@]6(C)[C@@H]7CCC89C(=O)O[C@@](C)(/C=C/C=C(C)C)[C@H]8[C@@H](OC(C)=O)C[C@@]9(C)C7=CC[C@H]6C5(C)C)OC[C@@H](COS(=O)(=O)O)[C@@H]4O)O[C@@H]3C)OC[C@H]2O)O[C@H](CO)[C@H]1O. The highest BCUT2D eigenvalue weighted by Gasteiger charge is 2.79. The summed E-state index contributed by atoms with van der Waals surface area (Å²) in [5.41, 5.74) is -1.34. The van der Waals surface area contributed by atoms with Crippen molar-refractivity contribution in [3.63, 3.8) is 0 Å². The zero-order valence-corrected chi connectivity index (χ0v) is 48.9. The number of cyclic esters (lactones) is 1. The van der Waals surface area contributed by atoms with Crippen molar-refractivity contribution in [2.24, 2.45) is 45.3 Å². The van der Waals surface area contributed by atoms with Crippen LogP contribution in [0.15, 0.2) is 35.5 Å². The molecule has 0 aromatic carbocycles. The van der Waals surface area contributed by atoms with Crippen molar-refractivity contribution in [2.75, 3.05) is 33.5 Å². The Labute approximate surface area is 478 Å². The molecule has 4 aliphatic carbocycles. The molecular weight excluding hydrogens is 1100 g/mol. The van der Waals surface area contributed by atoms with Crippen molar-refractivity contribution in [3.05, 3.63) is 35.5 Å². The zero-order valence-electron chi connectivity index (χ0n) is 48.1. The number of rotatable bonds is 16. The third kappa shape index (κ3) is 11.2. The standard InChI is InChI=1S/C56H86O25S/c1-25(2)12-11-17-55(9)46-32(75-27(4)58)20-54(8)30-13-14-34-52(5,6)35(16-18-53(34,7)29(30)15-19-56(46,54)51(66)81-55)77-50-45(36(60)28(22-71-50)23-73-82(67,68)69)80-48-39(63)38(62)42(26(3)74-48)78-47-40(64)43(31(59)24-72-47)79-49-41(65)44(70-10)37(61)33(21-57)76-49/h11-13,17,26,28-29,31-50,57,59-65H,14-16,18-24H2,1-10H3,(H,67,68,69)/b17-11+/t26-,28+,29-,31-,32+,33-,34+,35+,36+,37-,38-,39-,40-,41-,42-,43+,44+,45-,46-,47+,48+,49+,50+,53-,54+,55+,56?/m1/s1. The van der Waals surface area contributed by atoms with Crippen LogP contribution in [-0.4, -0.2) is 222 Å². The van der Waals surface area contributed by atoms with Gasteiger partial charge in [-0.05, 0) is 95.0 Å². The third-order valence-corrected chi connectivity index (χ3v) is 20.5. The number of esters is 2. The van der Waals surface area contributed by atoms with Crippen molar-refractivity contribution in [1.82, 2.24) is 0 Å². The summed E-state index contributed by atoms with van der Waals surface area (Å²) in [6.45, 7) is 15.2. The van der Waals surface area contributed by atoms with Crippen molar-refractivity contribution in [1.29, 1.82) is 0 Å². The minimum absolute atomic E-state index is 0.000695. The third-order valence-electron chi connectivity index (χ3n) is 20.1. The molecule has 8 fully saturated rings. The van der Waals surface area contributed by atoms with Crippen LogP contribution in [0.4, 0.5) is 0 Å². The number of aliphatic hydroxyl groups is 8. The predicted molar refractivity (Wildman–Crippen MR) is 280 cm³/mol. The Bertz CT molecular complexity index is 2520. The molecule has 0 bridgehead atoms. The van der Waals surface area contributed by atoms with Crippen LogP contribution in [0.25, 0.3) is 0 Å². The molecule has 5 aliphatic heterocycles. The fraction of sp³-hybridized carbons (Fsp3) is 0.857. The first kappa shape index (κ1) is 63.8. The largest absolute Gasteiger partial charge is 0.462 e. The number of hydrogen-bond acceptors (Lipinski definition) is 24. The molecule has 0 aromatic rings. The number of hydrogen-bond donors (Lipinski definition) is 9. The molecule has 3 saturated carbocycles. The molecule has 1 spiro atoms. The van der Waals surface area contributed by atoms with Gasteiger partial charge in [-0.1, -0.05) is 57.1 Å². The molecule has 0 radical (unpaired) electrons. The highest BCUT2D eigenvalue weighted by atomic mass is 32.3. The summed E-state index contributed by atoms with van der Waals surface area (Å²) in [5, 5.41) is 88.7. The number of allylic oxidation sites excluding steroid dienone is 5. The second-order valence-corrected chi connectivity index (χ2v) is 26.8. The van der Waals surface area contributed by atoms with E-state index in [4.69, 9.17) is 52.1 Å². The molecular formula is C56H86O25S. The lowest BCUT2D eigenvalue weighted by Crippen LogP contribution is -2.65. The van der Waals surface area contributed by atoms with Gasteiger partial charge < -0.3 is 93.0 Å². The summed E-state index contributed by atoms with van der Waals surface area (Å²) in [7, 11) is -3.76. The van der Waals surface area contributed by atoms with Crippen molar-refractivity contribution in [3.8, 4) is 0 Å². The Morgan fingerprint density at radius 1 is 0.780 bits per heavy atom. The van der Waals surface area contributed by atoms with Crippen molar-refractivity contribution < 1.29 is 120 Å². The number of ether oxygens (including phenoxy) is 11. The van der Waals surface area contributed by atoms with E-state index >= 15 is 0 Å². The smallest absolute Gasteiger partial charge is 0.397 e. The lowest BCUT2D eigenvalue weighted by molar-refractivity contribution is -0.381. The number of aliphatic hydroxyl groups excluding tert-OH is 8. The van der Waals surface area contributed by atoms with Gasteiger partial charge in [-0.3, -0.25) is 14.1 Å². The van der Waals surface area contributed by atoms with Crippen molar-refractivity contribution in [2.45, 2.75) is 223 Å². The maximum Gasteiger partial charge on any atom is 0.397 e. The van der Waals surface area contributed by atoms with Gasteiger partial charge in [-0.15, -0.1) is 0 Å². The second kappa shape index (κ2) is 23.8. The van der Waals surface area contributed by atoms with Gasteiger partial charge in [0.2, 0.25) is 0 Å². The quantitative estimate of drug-likeness (QED) is 0.0443. The topological polar surface area (TPSA) is 361 Å². The lowest BCUT2D eigenvalue weighted by Gasteiger charge is -2.63. The highest BCUT2D eigenvalue weighted by Crippen LogP contribution is 2.76. The normalized spacial score (nSPS) is 49.2. The number of carbonyl (C=O) groups excluding carboxylic acids is 2. The van der Waals surface area contributed by atoms with Crippen LogP contribution in [0.2, 0.25) is 0 Å². The van der Waals surface area contributed by atoms with E-state index in [2.05, 4.69) is 38.0 Å². The summed E-state index contributed by atoms with van der Waals surface area (Å²) < 4.78 is 104. The van der Waals surface area contributed by atoms with Crippen LogP contribution in [0, 0.1) is 45.3 Å². The van der Waals surface area contributed by atoms with E-state index in [-0.39, 0.29) is 29.8 Å². The fourth-order valence-corrected chi connectivity index (χ4v) is 16.4. The summed E-state index contributed by atoms with van der Waals surface area (Å²) in [5.74, 6) is -2.24. The maximum absolute atomic E-state index is 14.6. The molecule has 9 N–H and O–H groups in total. The van der Waals surface area contributed by atoms with Crippen LogP contribution in [0.5, 0.6) is 0 Å². The number of carbonyl (C=O) groups is 2. The average Bonchev–Trinajstić information content (AvgIpc) is 1.66. The Kier molecular flexibility index (Phi) is 18.5. The minimum atomic E-state index is -4.97. The van der Waals surface area contributed by atoms with E-state index in [1.54, 1.807) is 0 Å². The van der Waals surface area contributed by atoms with Gasteiger partial charge in [-0.2, -0.15) is 8.42 Å². The Morgan fingerprint density at radius 2 is 1.44 bits per heavy atom. The molecule has 27 atom stereocenters. The van der Waals surface area contributed by atoms with Crippen LogP contribution < -0.4 is 0 Å². The number of methoxy groups -OCH3 is 1. The van der Waals surface area contributed by atoms with E-state index in [0.29, 0.717) is 38.5 Å². The summed E-state index contributed by atoms with van der Waals surface area (Å²) in [6.07, 6.45) is -16.2. The zero-order chi connectivity index (χ0) is 60.0. The first-order valence-corrected chi connectivity index (χ1v) is 29.9. The van der Waals surface area contributed by atoms with Gasteiger partial charge >= 0.3 is 22.3 Å². The lowest BCUT2D eigenvalue weighted by atomic mass is 9.41. The van der Waals surface area contributed by atoms with Crippen LogP contribution >= 0.6 is 0 Å². The van der Waals surface area contributed by atoms with Crippen LogP contribution in [0.3, 0.4) is 0 Å². The maximum atomic E-state index is 14.6. The van der Waals surface area contributed by atoms with Crippen LogP contribution in [0.1, 0.15) is 101 Å². The minimum Gasteiger partial charge on any atom is -0.462 e. The monoisotopic (exact) mass is 1190 g/mol. The first-order chi connectivity index (χ1) is 38.4. The Balaban J connectivity index is 0.914. The molecule has 82 heavy (non-hydrogen) atoms. The van der Waals surface area contributed by atoms with Gasteiger partial charge in [0.1, 0.15) is 78.8 Å². The van der Waals surface area contributed by atoms with Crippen molar-refractivity contribution >= 4 is 22.3 Å². The van der Waals surface area contributed by atoms with Gasteiger partial charge in [0.25, 0.3) is 0 Å². The van der Waals surface area contributed by atoms with E-state index in [1.807, 2.05) is 39.0 Å². The molecule has 9 rings (SSSR count). The van der Waals surface area contributed by atoms with Gasteiger partial charge in [0.05, 0.1) is 56.1 Å². The summed E-state index contributed by atoms with van der Waals surface area (Å²) >= 11 is 0. The van der Waals surface area contributed by atoms with Gasteiger partial charge in [0, 0.05) is 25.4 Å². The molecule has 5 heterocycles. The summed E-state index contributed by atoms with van der Waals surface area (Å²) in [4.78, 5) is 27.4. The average molecular weight is 1190 g/mol. The second-order valence-electron chi connectivity index (χ2n) is 25.7. The molecule has 9 aliphatic rings.